The first kappa shape index (κ1) is 16.0. The molecule has 1 aromatic heterocycles. The van der Waals surface area contributed by atoms with Gasteiger partial charge in [0.15, 0.2) is 0 Å². The highest BCUT2D eigenvalue weighted by Crippen LogP contribution is 2.30. The van der Waals surface area contributed by atoms with E-state index in [9.17, 15) is 9.59 Å². The number of piperidine rings is 1. The van der Waals surface area contributed by atoms with E-state index in [0.717, 1.165) is 49.1 Å². The van der Waals surface area contributed by atoms with Crippen molar-refractivity contribution in [3.05, 3.63) is 42.1 Å². The van der Waals surface area contributed by atoms with Crippen LogP contribution < -0.4 is 10.6 Å². The molecule has 0 radical (unpaired) electrons. The van der Waals surface area contributed by atoms with Crippen LogP contribution in [-0.2, 0) is 11.3 Å². The molecule has 0 bridgehead atoms. The van der Waals surface area contributed by atoms with Crippen LogP contribution in [0, 0.1) is 5.92 Å². The van der Waals surface area contributed by atoms with E-state index in [4.69, 9.17) is 4.98 Å². The molecule has 2 atom stereocenters. The normalized spacial score (nSPS) is 27.3. The lowest BCUT2D eigenvalue weighted by Crippen LogP contribution is -2.55. The molecule has 25 heavy (non-hydrogen) atoms. The highest BCUT2D eigenvalue weighted by Gasteiger charge is 2.48. The number of hydrogen-bond donors (Lipinski definition) is 2. The summed E-state index contributed by atoms with van der Waals surface area (Å²) in [5, 5.41) is 6.33. The van der Waals surface area contributed by atoms with Crippen LogP contribution in [0.4, 0.5) is 4.79 Å². The van der Waals surface area contributed by atoms with Crippen LogP contribution in [0.3, 0.4) is 0 Å². The number of hydrogen-bond acceptors (Lipinski definition) is 4. The van der Waals surface area contributed by atoms with Crippen molar-refractivity contribution < 1.29 is 9.59 Å². The number of rotatable bonds is 3. The van der Waals surface area contributed by atoms with Gasteiger partial charge in [-0.2, -0.15) is 0 Å². The number of para-hydroxylation sites is 1. The third-order valence-electron chi connectivity index (χ3n) is 5.44. The van der Waals surface area contributed by atoms with Gasteiger partial charge in [0.05, 0.1) is 11.2 Å². The number of carbonyl (C=O) groups is 2. The maximum atomic E-state index is 12.2. The summed E-state index contributed by atoms with van der Waals surface area (Å²) < 4.78 is 0. The highest BCUT2D eigenvalue weighted by molar-refractivity contribution is 6.07. The maximum Gasteiger partial charge on any atom is 0.322 e. The van der Waals surface area contributed by atoms with Gasteiger partial charge in [-0.05, 0) is 38.4 Å². The minimum Gasteiger partial charge on any atom is -0.323 e. The molecule has 0 aliphatic carbocycles. The third-order valence-corrected chi connectivity index (χ3v) is 5.44. The molecule has 0 saturated carbocycles. The van der Waals surface area contributed by atoms with Gasteiger partial charge >= 0.3 is 6.03 Å². The Bertz CT molecular complexity index is 837. The van der Waals surface area contributed by atoms with E-state index >= 15 is 0 Å². The average molecular weight is 338 g/mol. The van der Waals surface area contributed by atoms with Crippen molar-refractivity contribution in [1.29, 1.82) is 0 Å². The molecule has 0 spiro atoms. The van der Waals surface area contributed by atoms with E-state index in [-0.39, 0.29) is 17.9 Å². The number of likely N-dealkylation sites (tertiary alicyclic amines) is 1. The molecule has 6 heteroatoms. The summed E-state index contributed by atoms with van der Waals surface area (Å²) in [6.07, 6.45) is 1.95. The fourth-order valence-electron chi connectivity index (χ4n) is 3.94. The Labute approximate surface area is 146 Å². The monoisotopic (exact) mass is 338 g/mol. The zero-order valence-electron chi connectivity index (χ0n) is 14.3. The topological polar surface area (TPSA) is 74.3 Å². The van der Waals surface area contributed by atoms with Crippen molar-refractivity contribution >= 4 is 22.8 Å². The zero-order valence-corrected chi connectivity index (χ0v) is 14.3. The number of urea groups is 1. The molecule has 2 aromatic rings. The molecule has 2 N–H and O–H groups in total. The van der Waals surface area contributed by atoms with E-state index in [2.05, 4.69) is 33.7 Å². The number of fused-ring (bicyclic) bond motifs is 1. The van der Waals surface area contributed by atoms with Crippen molar-refractivity contribution in [1.82, 2.24) is 20.5 Å². The Kier molecular flexibility index (Phi) is 3.92. The van der Waals surface area contributed by atoms with Crippen LogP contribution >= 0.6 is 0 Å². The van der Waals surface area contributed by atoms with Crippen LogP contribution in [0.25, 0.3) is 10.9 Å². The second-order valence-electron chi connectivity index (χ2n) is 7.18. The largest absolute Gasteiger partial charge is 0.323 e. The molecular formula is C19H22N4O2. The fourth-order valence-corrected chi connectivity index (χ4v) is 3.94. The highest BCUT2D eigenvalue weighted by atomic mass is 16.2. The lowest BCUT2D eigenvalue weighted by Gasteiger charge is -2.39. The van der Waals surface area contributed by atoms with Crippen molar-refractivity contribution in [3.63, 3.8) is 0 Å². The molecule has 0 unspecified atom stereocenters. The lowest BCUT2D eigenvalue weighted by atomic mass is 9.80. The van der Waals surface area contributed by atoms with Crippen molar-refractivity contribution in [2.75, 3.05) is 13.1 Å². The summed E-state index contributed by atoms with van der Waals surface area (Å²) in [6, 6.07) is 11.9. The number of amides is 3. The number of aromatic nitrogens is 1. The number of pyridine rings is 1. The molecule has 3 heterocycles. The molecule has 3 amide bonds. The minimum atomic E-state index is -0.813. The fraction of sp³-hybridized carbons (Fsp3) is 0.421. The molecule has 1 aromatic carbocycles. The number of carbonyl (C=O) groups excluding carboxylic acids is 2. The predicted octanol–water partition coefficient (Wildman–Crippen LogP) is 2.04. The van der Waals surface area contributed by atoms with E-state index in [0.29, 0.717) is 0 Å². The molecule has 2 aliphatic heterocycles. The Balaban J connectivity index is 1.49. The summed E-state index contributed by atoms with van der Waals surface area (Å²) in [7, 11) is 0. The SMILES string of the molecule is C[C@@]1([C@@H]2CCCN(Cc3ccc4ccccc4n3)C2)NC(=O)NC1=O. The average Bonchev–Trinajstić information content (AvgIpc) is 2.88. The summed E-state index contributed by atoms with van der Waals surface area (Å²) in [5.41, 5.74) is 1.22. The first-order valence-electron chi connectivity index (χ1n) is 8.75. The van der Waals surface area contributed by atoms with Gasteiger partial charge in [-0.25, -0.2) is 4.79 Å². The van der Waals surface area contributed by atoms with Crippen molar-refractivity contribution in [3.8, 4) is 0 Å². The standard InChI is InChI=1S/C19H22N4O2/c1-19(17(24)21-18(25)22-19)14-6-4-10-23(11-14)12-15-9-8-13-5-2-3-7-16(13)20-15/h2-3,5,7-9,14H,4,6,10-12H2,1H3,(H2,21,22,24,25)/t14-,19+/m1/s1. The molecule has 6 nitrogen and oxygen atoms in total. The number of nitrogens with zero attached hydrogens (tertiary/aromatic N) is 2. The summed E-state index contributed by atoms with van der Waals surface area (Å²) >= 11 is 0. The Morgan fingerprint density at radius 2 is 2.08 bits per heavy atom. The quantitative estimate of drug-likeness (QED) is 0.840. The Morgan fingerprint density at radius 1 is 1.24 bits per heavy atom. The number of benzene rings is 1. The molecular weight excluding hydrogens is 316 g/mol. The van der Waals surface area contributed by atoms with E-state index < -0.39 is 5.54 Å². The van der Waals surface area contributed by atoms with Crippen LogP contribution in [0.5, 0.6) is 0 Å². The molecule has 2 aliphatic rings. The predicted molar refractivity (Wildman–Crippen MR) is 94.8 cm³/mol. The van der Waals surface area contributed by atoms with Crippen LogP contribution in [0.2, 0.25) is 0 Å². The molecule has 130 valence electrons. The molecule has 4 rings (SSSR count). The summed E-state index contributed by atoms with van der Waals surface area (Å²) in [5.74, 6) is -0.110. The first-order valence-corrected chi connectivity index (χ1v) is 8.75. The first-order chi connectivity index (χ1) is 12.0. The smallest absolute Gasteiger partial charge is 0.322 e. The van der Waals surface area contributed by atoms with Gasteiger partial charge in [0.1, 0.15) is 5.54 Å². The molecule has 2 fully saturated rings. The second kappa shape index (κ2) is 6.11. The summed E-state index contributed by atoms with van der Waals surface area (Å²) in [6.45, 7) is 4.35. The van der Waals surface area contributed by atoms with Crippen molar-refractivity contribution in [2.24, 2.45) is 5.92 Å². The van der Waals surface area contributed by atoms with Gasteiger partial charge in [-0.3, -0.25) is 20.0 Å². The Morgan fingerprint density at radius 3 is 2.88 bits per heavy atom. The number of nitrogens with one attached hydrogen (secondary N) is 2. The lowest BCUT2D eigenvalue weighted by molar-refractivity contribution is -0.126. The molecule has 2 saturated heterocycles. The maximum absolute atomic E-state index is 12.2. The van der Waals surface area contributed by atoms with E-state index in [1.165, 1.54) is 0 Å². The van der Waals surface area contributed by atoms with Gasteiger partial charge in [0.25, 0.3) is 5.91 Å². The second-order valence-corrected chi connectivity index (χ2v) is 7.18. The van der Waals surface area contributed by atoms with E-state index in [1.807, 2.05) is 25.1 Å². The van der Waals surface area contributed by atoms with Gasteiger partial charge in [-0.1, -0.05) is 24.3 Å². The summed E-state index contributed by atoms with van der Waals surface area (Å²) in [4.78, 5) is 30.8. The Hall–Kier alpha value is -2.47. The van der Waals surface area contributed by atoms with Crippen LogP contribution in [-0.4, -0.2) is 40.5 Å². The van der Waals surface area contributed by atoms with Gasteiger partial charge in [-0.15, -0.1) is 0 Å². The van der Waals surface area contributed by atoms with Gasteiger partial charge in [0.2, 0.25) is 0 Å². The van der Waals surface area contributed by atoms with E-state index in [1.54, 1.807) is 0 Å². The minimum absolute atomic E-state index is 0.105. The third kappa shape index (κ3) is 2.98. The van der Waals surface area contributed by atoms with Gasteiger partial charge in [0, 0.05) is 24.4 Å². The number of imide groups is 1. The van der Waals surface area contributed by atoms with Crippen LogP contribution in [0.1, 0.15) is 25.5 Å². The van der Waals surface area contributed by atoms with Crippen molar-refractivity contribution in [2.45, 2.75) is 31.8 Å². The van der Waals surface area contributed by atoms with Gasteiger partial charge < -0.3 is 5.32 Å². The van der Waals surface area contributed by atoms with Crippen LogP contribution in [0.15, 0.2) is 36.4 Å². The zero-order chi connectivity index (χ0) is 17.4.